The lowest BCUT2D eigenvalue weighted by Gasteiger charge is -2.16. The first-order valence-electron chi connectivity index (χ1n) is 8.32. The molecule has 1 aromatic heterocycles. The number of benzene rings is 1. The average Bonchev–Trinajstić information content (AvgIpc) is 3.15. The highest BCUT2D eigenvalue weighted by Gasteiger charge is 2.27. The summed E-state index contributed by atoms with van der Waals surface area (Å²) in [6, 6.07) is 7.52. The van der Waals surface area contributed by atoms with Crippen molar-refractivity contribution in [1.29, 1.82) is 0 Å². The van der Waals surface area contributed by atoms with Gasteiger partial charge in [-0.15, -0.1) is 0 Å². The second kappa shape index (κ2) is 8.33. The number of hydrogen-bond acceptors (Lipinski definition) is 6. The van der Waals surface area contributed by atoms with Gasteiger partial charge in [-0.25, -0.2) is 9.97 Å². The molecule has 1 saturated heterocycles. The van der Waals surface area contributed by atoms with Crippen LogP contribution in [0.2, 0.25) is 0 Å². The zero-order chi connectivity index (χ0) is 18.4. The van der Waals surface area contributed by atoms with E-state index >= 15 is 0 Å². The number of likely N-dealkylation sites (tertiary alicyclic amines) is 1. The van der Waals surface area contributed by atoms with E-state index in [1.807, 2.05) is 24.3 Å². The highest BCUT2D eigenvalue weighted by atomic mass is 16.5. The van der Waals surface area contributed by atoms with E-state index in [4.69, 9.17) is 14.2 Å². The number of carbonyl (C=O) groups is 1. The summed E-state index contributed by atoms with van der Waals surface area (Å²) in [6.45, 7) is 1.14. The molecule has 136 valence electrons. The molecule has 0 radical (unpaired) electrons. The van der Waals surface area contributed by atoms with E-state index in [9.17, 15) is 4.79 Å². The van der Waals surface area contributed by atoms with Gasteiger partial charge in [0, 0.05) is 31.4 Å². The molecule has 1 fully saturated rings. The summed E-state index contributed by atoms with van der Waals surface area (Å²) >= 11 is 0. The summed E-state index contributed by atoms with van der Waals surface area (Å²) < 4.78 is 16.1. The molecule has 1 aromatic carbocycles. The summed E-state index contributed by atoms with van der Waals surface area (Å²) in [5.74, 6) is 1.44. The van der Waals surface area contributed by atoms with Gasteiger partial charge in [0.05, 0.1) is 20.8 Å². The maximum atomic E-state index is 12.4. The summed E-state index contributed by atoms with van der Waals surface area (Å²) in [7, 11) is 3.14. The van der Waals surface area contributed by atoms with Crippen molar-refractivity contribution in [2.75, 3.05) is 27.3 Å². The molecule has 0 bridgehead atoms. The summed E-state index contributed by atoms with van der Waals surface area (Å²) in [4.78, 5) is 22.3. The van der Waals surface area contributed by atoms with Crippen LogP contribution in [0.4, 0.5) is 0 Å². The van der Waals surface area contributed by atoms with Crippen LogP contribution in [-0.4, -0.2) is 54.2 Å². The highest BCUT2D eigenvalue weighted by molar-refractivity contribution is 5.92. The van der Waals surface area contributed by atoms with Crippen molar-refractivity contribution in [2.24, 2.45) is 0 Å². The zero-order valence-electron chi connectivity index (χ0n) is 14.8. The first-order chi connectivity index (χ1) is 12.7. The van der Waals surface area contributed by atoms with Crippen molar-refractivity contribution in [2.45, 2.75) is 12.5 Å². The SMILES string of the molecule is COc1ccc(/C=C/C(=O)N2CC[C@H](Oc3nccnc3OC)C2)cc1. The third-order valence-corrected chi connectivity index (χ3v) is 4.10. The quantitative estimate of drug-likeness (QED) is 0.740. The molecule has 0 aliphatic carbocycles. The van der Waals surface area contributed by atoms with Gasteiger partial charge in [0.2, 0.25) is 5.91 Å². The Bertz CT molecular complexity index is 777. The molecule has 0 unspecified atom stereocenters. The van der Waals surface area contributed by atoms with Gasteiger partial charge in [0.1, 0.15) is 11.9 Å². The number of rotatable bonds is 6. The molecule has 0 saturated carbocycles. The second-order valence-electron chi connectivity index (χ2n) is 5.79. The molecule has 26 heavy (non-hydrogen) atoms. The Morgan fingerprint density at radius 1 is 1.12 bits per heavy atom. The summed E-state index contributed by atoms with van der Waals surface area (Å²) in [5.41, 5.74) is 0.940. The largest absolute Gasteiger partial charge is 0.497 e. The Hall–Kier alpha value is -3.09. The zero-order valence-corrected chi connectivity index (χ0v) is 14.8. The first kappa shape index (κ1) is 17.7. The molecule has 1 atom stereocenters. The van der Waals surface area contributed by atoms with Crippen LogP contribution in [0.5, 0.6) is 17.5 Å². The normalized spacial score (nSPS) is 16.7. The number of amides is 1. The Morgan fingerprint density at radius 2 is 1.85 bits per heavy atom. The van der Waals surface area contributed by atoms with E-state index in [2.05, 4.69) is 9.97 Å². The van der Waals surface area contributed by atoms with Gasteiger partial charge in [0.15, 0.2) is 0 Å². The monoisotopic (exact) mass is 355 g/mol. The molecule has 0 spiro atoms. The van der Waals surface area contributed by atoms with Crippen LogP contribution < -0.4 is 14.2 Å². The maximum absolute atomic E-state index is 12.4. The summed E-state index contributed by atoms with van der Waals surface area (Å²) in [5, 5.41) is 0. The molecule has 1 aliphatic rings. The predicted octanol–water partition coefficient (Wildman–Crippen LogP) is 2.19. The van der Waals surface area contributed by atoms with Gasteiger partial charge in [-0.05, 0) is 23.8 Å². The molecule has 2 heterocycles. The van der Waals surface area contributed by atoms with Crippen molar-refractivity contribution in [3.63, 3.8) is 0 Å². The third kappa shape index (κ3) is 4.30. The van der Waals surface area contributed by atoms with Gasteiger partial charge in [-0.2, -0.15) is 0 Å². The molecule has 2 aromatic rings. The fourth-order valence-corrected chi connectivity index (χ4v) is 2.70. The van der Waals surface area contributed by atoms with Crippen molar-refractivity contribution in [3.8, 4) is 17.5 Å². The minimum atomic E-state index is -0.126. The Labute approximate surface area is 152 Å². The van der Waals surface area contributed by atoms with Gasteiger partial charge < -0.3 is 19.1 Å². The molecule has 1 amide bonds. The number of ether oxygens (including phenoxy) is 3. The minimum Gasteiger partial charge on any atom is -0.497 e. The van der Waals surface area contributed by atoms with Crippen LogP contribution in [-0.2, 0) is 4.79 Å². The Morgan fingerprint density at radius 3 is 2.54 bits per heavy atom. The molecular formula is C19H21N3O4. The lowest BCUT2D eigenvalue weighted by molar-refractivity contribution is -0.125. The molecule has 3 rings (SSSR count). The number of nitrogens with zero attached hydrogens (tertiary/aromatic N) is 3. The van der Waals surface area contributed by atoms with Crippen LogP contribution in [0.3, 0.4) is 0 Å². The summed E-state index contributed by atoms with van der Waals surface area (Å²) in [6.07, 6.45) is 7.07. The minimum absolute atomic E-state index is 0.0435. The molecule has 7 heteroatoms. The van der Waals surface area contributed by atoms with Crippen LogP contribution in [0.15, 0.2) is 42.7 Å². The first-order valence-corrected chi connectivity index (χ1v) is 8.32. The fourth-order valence-electron chi connectivity index (χ4n) is 2.70. The van der Waals surface area contributed by atoms with Gasteiger partial charge in [-0.1, -0.05) is 12.1 Å². The number of hydrogen-bond donors (Lipinski definition) is 0. The van der Waals surface area contributed by atoms with Crippen molar-refractivity contribution in [3.05, 3.63) is 48.3 Å². The van der Waals surface area contributed by atoms with E-state index < -0.39 is 0 Å². The number of methoxy groups -OCH3 is 2. The molecule has 7 nitrogen and oxygen atoms in total. The van der Waals surface area contributed by atoms with E-state index in [1.54, 1.807) is 36.6 Å². The fraction of sp³-hybridized carbons (Fsp3) is 0.316. The van der Waals surface area contributed by atoms with Crippen molar-refractivity contribution < 1.29 is 19.0 Å². The topological polar surface area (TPSA) is 73.8 Å². The van der Waals surface area contributed by atoms with E-state index in [0.29, 0.717) is 24.8 Å². The van der Waals surface area contributed by atoms with E-state index in [-0.39, 0.29) is 12.0 Å². The van der Waals surface area contributed by atoms with Gasteiger partial charge in [0.25, 0.3) is 11.8 Å². The van der Waals surface area contributed by atoms with Crippen LogP contribution in [0.1, 0.15) is 12.0 Å². The second-order valence-corrected chi connectivity index (χ2v) is 5.79. The van der Waals surface area contributed by atoms with Crippen molar-refractivity contribution in [1.82, 2.24) is 14.9 Å². The smallest absolute Gasteiger partial charge is 0.278 e. The third-order valence-electron chi connectivity index (χ3n) is 4.10. The van der Waals surface area contributed by atoms with Crippen LogP contribution >= 0.6 is 0 Å². The Kier molecular flexibility index (Phi) is 5.68. The van der Waals surface area contributed by atoms with E-state index in [0.717, 1.165) is 17.7 Å². The predicted molar refractivity (Wildman–Crippen MR) is 96.2 cm³/mol. The van der Waals surface area contributed by atoms with Gasteiger partial charge in [-0.3, -0.25) is 4.79 Å². The standard InChI is InChI=1S/C19H21N3O4/c1-24-15-6-3-14(4-7-15)5-8-17(23)22-12-9-16(13-22)26-19-18(25-2)20-10-11-21-19/h3-8,10-11,16H,9,12-13H2,1-2H3/b8-5+/t16-/m0/s1. The van der Waals surface area contributed by atoms with Crippen molar-refractivity contribution >= 4 is 12.0 Å². The van der Waals surface area contributed by atoms with E-state index in [1.165, 1.54) is 7.11 Å². The number of carbonyl (C=O) groups excluding carboxylic acids is 1. The lowest BCUT2D eigenvalue weighted by atomic mass is 10.2. The molecule has 0 N–H and O–H groups in total. The Balaban J connectivity index is 1.55. The molecule has 1 aliphatic heterocycles. The highest BCUT2D eigenvalue weighted by Crippen LogP contribution is 2.24. The average molecular weight is 355 g/mol. The lowest BCUT2D eigenvalue weighted by Crippen LogP contribution is -2.29. The molecular weight excluding hydrogens is 334 g/mol. The van der Waals surface area contributed by atoms with Crippen LogP contribution in [0, 0.1) is 0 Å². The number of aromatic nitrogens is 2. The maximum Gasteiger partial charge on any atom is 0.278 e. The van der Waals surface area contributed by atoms with Crippen LogP contribution in [0.25, 0.3) is 6.08 Å². The van der Waals surface area contributed by atoms with Gasteiger partial charge >= 0.3 is 0 Å².